The van der Waals surface area contributed by atoms with E-state index < -0.39 is 32.7 Å². The van der Waals surface area contributed by atoms with Gasteiger partial charge in [-0.05, 0) is 85.6 Å². The predicted octanol–water partition coefficient (Wildman–Crippen LogP) is 7.28. The molecule has 0 saturated carbocycles. The van der Waals surface area contributed by atoms with Crippen molar-refractivity contribution < 1.29 is 21.6 Å². The molecule has 5 rings (SSSR count). The highest BCUT2D eigenvalue weighted by Gasteiger charge is 2.32. The van der Waals surface area contributed by atoms with Crippen LogP contribution < -0.4 is 10.0 Å². The number of likely N-dealkylation sites (tertiary alicyclic amines) is 1. The van der Waals surface area contributed by atoms with Crippen LogP contribution in [0.25, 0.3) is 0 Å². The van der Waals surface area contributed by atoms with E-state index in [0.717, 1.165) is 51.0 Å². The van der Waals surface area contributed by atoms with Crippen molar-refractivity contribution in [3.63, 3.8) is 0 Å². The SMILES string of the molecule is C=C(C[C@@H](NS(=O)(=O)c1cccc(C(F)(F)F)c1)c1ccccc1)N[C@@H]1CCCc2cc(CN3CCCCC3)ccc21. The molecule has 1 heterocycles. The molecule has 3 aromatic carbocycles. The molecule has 5 nitrogen and oxygen atoms in total. The van der Waals surface area contributed by atoms with Crippen molar-refractivity contribution in [2.75, 3.05) is 13.1 Å². The Kier molecular flexibility index (Phi) is 9.40. The normalized spacial score (nSPS) is 18.7. The van der Waals surface area contributed by atoms with Crippen LogP contribution in [-0.4, -0.2) is 26.4 Å². The molecule has 0 aromatic heterocycles. The standard InChI is InChI=1S/C33H38F3N3O2S/c1-24(37-31-15-8-12-27-21-25(16-17-30(27)31)23-39-18-6-3-7-19-39)20-32(26-10-4-2-5-11-26)38-42(40,41)29-14-9-13-28(22-29)33(34,35)36/h2,4-5,9-11,13-14,16-17,21-22,31-32,37-38H,1,3,6-8,12,15,18-20,23H2/t31-,32-/m1/s1. The van der Waals surface area contributed by atoms with E-state index in [0.29, 0.717) is 17.3 Å². The predicted molar refractivity (Wildman–Crippen MR) is 159 cm³/mol. The molecule has 1 aliphatic carbocycles. The van der Waals surface area contributed by atoms with E-state index in [1.165, 1.54) is 42.0 Å². The van der Waals surface area contributed by atoms with E-state index in [1.54, 1.807) is 24.3 Å². The molecular weight excluding hydrogens is 559 g/mol. The zero-order valence-electron chi connectivity index (χ0n) is 23.7. The highest BCUT2D eigenvalue weighted by molar-refractivity contribution is 7.89. The maximum Gasteiger partial charge on any atom is 0.416 e. The maximum absolute atomic E-state index is 13.3. The fraction of sp³-hybridized carbons (Fsp3) is 0.394. The Bertz CT molecular complexity index is 1490. The molecule has 9 heteroatoms. The Morgan fingerprint density at radius 1 is 0.952 bits per heavy atom. The molecule has 0 spiro atoms. The summed E-state index contributed by atoms with van der Waals surface area (Å²) < 4.78 is 69.0. The van der Waals surface area contributed by atoms with Gasteiger partial charge in [0.05, 0.1) is 22.5 Å². The van der Waals surface area contributed by atoms with Gasteiger partial charge in [0.15, 0.2) is 0 Å². The van der Waals surface area contributed by atoms with Gasteiger partial charge in [-0.3, -0.25) is 4.90 Å². The summed E-state index contributed by atoms with van der Waals surface area (Å²) in [5, 5.41) is 3.54. The Balaban J connectivity index is 1.30. The zero-order valence-corrected chi connectivity index (χ0v) is 24.5. The van der Waals surface area contributed by atoms with Crippen LogP contribution in [0.15, 0.2) is 90.0 Å². The van der Waals surface area contributed by atoms with Crippen molar-refractivity contribution in [1.29, 1.82) is 0 Å². The Morgan fingerprint density at radius 3 is 2.45 bits per heavy atom. The number of sulfonamides is 1. The van der Waals surface area contributed by atoms with Gasteiger partial charge < -0.3 is 5.32 Å². The second-order valence-corrected chi connectivity index (χ2v) is 13.1. The van der Waals surface area contributed by atoms with Gasteiger partial charge in [-0.1, -0.05) is 67.6 Å². The fourth-order valence-electron chi connectivity index (χ4n) is 6.05. The second-order valence-electron chi connectivity index (χ2n) is 11.4. The third kappa shape index (κ3) is 7.62. The number of aryl methyl sites for hydroxylation is 1. The molecule has 0 unspecified atom stereocenters. The van der Waals surface area contributed by atoms with Crippen LogP contribution in [0, 0.1) is 0 Å². The first kappa shape index (κ1) is 30.3. The van der Waals surface area contributed by atoms with Crippen LogP contribution in [0.4, 0.5) is 13.2 Å². The van der Waals surface area contributed by atoms with Gasteiger partial charge in [0.2, 0.25) is 10.0 Å². The molecule has 224 valence electrons. The first-order chi connectivity index (χ1) is 20.1. The molecule has 3 aromatic rings. The lowest BCUT2D eigenvalue weighted by molar-refractivity contribution is -0.137. The van der Waals surface area contributed by atoms with Gasteiger partial charge in [-0.25, -0.2) is 13.1 Å². The van der Waals surface area contributed by atoms with Gasteiger partial charge in [0.1, 0.15) is 0 Å². The summed E-state index contributed by atoms with van der Waals surface area (Å²) in [7, 11) is -4.26. The molecule has 0 bridgehead atoms. The average Bonchev–Trinajstić information content (AvgIpc) is 2.97. The number of hydrogen-bond donors (Lipinski definition) is 2. The van der Waals surface area contributed by atoms with E-state index in [1.807, 2.05) is 6.07 Å². The quantitative estimate of drug-likeness (QED) is 0.258. The fourth-order valence-corrected chi connectivity index (χ4v) is 7.32. The summed E-state index contributed by atoms with van der Waals surface area (Å²) in [6.07, 6.45) is 2.43. The summed E-state index contributed by atoms with van der Waals surface area (Å²) in [4.78, 5) is 2.09. The number of halogens is 3. The average molecular weight is 598 g/mol. The lowest BCUT2D eigenvalue weighted by Gasteiger charge is -2.31. The zero-order chi connectivity index (χ0) is 29.7. The van der Waals surface area contributed by atoms with Gasteiger partial charge in [-0.2, -0.15) is 13.2 Å². The van der Waals surface area contributed by atoms with E-state index in [2.05, 4.69) is 39.7 Å². The number of piperidine rings is 1. The van der Waals surface area contributed by atoms with E-state index in [4.69, 9.17) is 0 Å². The first-order valence-corrected chi connectivity index (χ1v) is 16.1. The van der Waals surface area contributed by atoms with Gasteiger partial charge in [0, 0.05) is 18.7 Å². The largest absolute Gasteiger partial charge is 0.416 e. The summed E-state index contributed by atoms with van der Waals surface area (Å²) in [6, 6.07) is 18.9. The number of benzene rings is 3. The monoisotopic (exact) mass is 597 g/mol. The number of nitrogens with zero attached hydrogens (tertiary/aromatic N) is 1. The highest BCUT2D eigenvalue weighted by Crippen LogP contribution is 2.34. The Labute approximate surface area is 246 Å². The van der Waals surface area contributed by atoms with Crippen molar-refractivity contribution >= 4 is 10.0 Å². The molecule has 42 heavy (non-hydrogen) atoms. The molecule has 2 N–H and O–H groups in total. The third-order valence-corrected chi connectivity index (χ3v) is 9.65. The highest BCUT2D eigenvalue weighted by atomic mass is 32.2. The molecule has 1 aliphatic heterocycles. The molecule has 2 atom stereocenters. The van der Waals surface area contributed by atoms with E-state index in [9.17, 15) is 21.6 Å². The minimum Gasteiger partial charge on any atom is -0.382 e. The Morgan fingerprint density at radius 2 is 1.71 bits per heavy atom. The van der Waals surface area contributed by atoms with E-state index >= 15 is 0 Å². The molecular formula is C33H38F3N3O2S. The smallest absolute Gasteiger partial charge is 0.382 e. The third-order valence-electron chi connectivity index (χ3n) is 8.18. The van der Waals surface area contributed by atoms with E-state index in [-0.39, 0.29) is 12.5 Å². The molecule has 1 saturated heterocycles. The summed E-state index contributed by atoms with van der Waals surface area (Å²) >= 11 is 0. The van der Waals surface area contributed by atoms with Crippen LogP contribution in [0.2, 0.25) is 0 Å². The summed E-state index contributed by atoms with van der Waals surface area (Å²) in [6.45, 7) is 7.51. The van der Waals surface area contributed by atoms with Crippen molar-refractivity contribution in [1.82, 2.24) is 14.9 Å². The second kappa shape index (κ2) is 13.0. The van der Waals surface area contributed by atoms with Crippen LogP contribution in [0.1, 0.15) is 78.4 Å². The number of hydrogen-bond acceptors (Lipinski definition) is 4. The number of fused-ring (bicyclic) bond motifs is 1. The van der Waals surface area contributed by atoms with Gasteiger partial charge in [-0.15, -0.1) is 0 Å². The van der Waals surface area contributed by atoms with Crippen LogP contribution >= 0.6 is 0 Å². The minimum absolute atomic E-state index is 0.0572. The van der Waals surface area contributed by atoms with Crippen LogP contribution in [0.5, 0.6) is 0 Å². The molecule has 0 radical (unpaired) electrons. The van der Waals surface area contributed by atoms with Crippen LogP contribution in [0.3, 0.4) is 0 Å². The van der Waals surface area contributed by atoms with Crippen molar-refractivity contribution in [2.45, 2.75) is 74.6 Å². The molecule has 1 fully saturated rings. The number of nitrogens with one attached hydrogen (secondary N) is 2. The minimum atomic E-state index is -4.65. The van der Waals surface area contributed by atoms with Gasteiger partial charge >= 0.3 is 6.18 Å². The topological polar surface area (TPSA) is 61.4 Å². The summed E-state index contributed by atoms with van der Waals surface area (Å²) in [5.74, 6) is 0. The van der Waals surface area contributed by atoms with Gasteiger partial charge in [0.25, 0.3) is 0 Å². The number of alkyl halides is 3. The first-order valence-electron chi connectivity index (χ1n) is 14.6. The lowest BCUT2D eigenvalue weighted by atomic mass is 9.86. The van der Waals surface area contributed by atoms with Crippen molar-refractivity contribution in [3.8, 4) is 0 Å². The molecule has 2 aliphatic rings. The maximum atomic E-state index is 13.3. The lowest BCUT2D eigenvalue weighted by Crippen LogP contribution is -2.32. The molecule has 0 amide bonds. The van der Waals surface area contributed by atoms with Crippen molar-refractivity contribution in [3.05, 3.63) is 113 Å². The van der Waals surface area contributed by atoms with Crippen molar-refractivity contribution in [2.24, 2.45) is 0 Å². The Hall–Kier alpha value is -3.14. The summed E-state index contributed by atoms with van der Waals surface area (Å²) in [5.41, 5.74) is 4.26. The number of rotatable bonds is 10. The van der Waals surface area contributed by atoms with Crippen LogP contribution in [-0.2, 0) is 29.2 Å².